The number of hydrogen-bond acceptors (Lipinski definition) is 4. The molecule has 0 saturated carbocycles. The molecule has 2 N–H and O–H groups in total. The second kappa shape index (κ2) is 6.77. The molecule has 1 heterocycles. The molecular weight excluding hydrogens is 286 g/mol. The van der Waals surface area contributed by atoms with Crippen LogP contribution in [-0.4, -0.2) is 51.2 Å². The fraction of sp³-hybridized carbons (Fsp3) is 0.600. The van der Waals surface area contributed by atoms with Gasteiger partial charge in [0.2, 0.25) is 10.0 Å². The van der Waals surface area contributed by atoms with Gasteiger partial charge >= 0.3 is 0 Å². The molecule has 0 aromatic heterocycles. The van der Waals surface area contributed by atoms with Crippen LogP contribution in [0.5, 0.6) is 0 Å². The quantitative estimate of drug-likeness (QED) is 0.882. The van der Waals surface area contributed by atoms with Gasteiger partial charge in [-0.05, 0) is 30.5 Å². The molecular formula is C15H25N3O2S. The zero-order chi connectivity index (χ0) is 15.5. The van der Waals surface area contributed by atoms with E-state index < -0.39 is 10.0 Å². The van der Waals surface area contributed by atoms with Crippen LogP contribution in [0.1, 0.15) is 18.9 Å². The third-order valence-corrected chi connectivity index (χ3v) is 5.33. The molecule has 6 heteroatoms. The number of hydrogen-bond donors (Lipinski definition) is 1. The molecule has 2 rings (SSSR count). The molecule has 21 heavy (non-hydrogen) atoms. The molecule has 1 fully saturated rings. The van der Waals surface area contributed by atoms with Crippen LogP contribution in [0.25, 0.3) is 0 Å². The van der Waals surface area contributed by atoms with Gasteiger partial charge in [0.05, 0.1) is 6.26 Å². The van der Waals surface area contributed by atoms with Crippen molar-refractivity contribution >= 4 is 15.7 Å². The van der Waals surface area contributed by atoms with Gasteiger partial charge in [-0.15, -0.1) is 0 Å². The molecule has 1 aliphatic rings. The van der Waals surface area contributed by atoms with Gasteiger partial charge in [0, 0.05) is 37.9 Å². The lowest BCUT2D eigenvalue weighted by molar-refractivity contribution is 0.388. The lowest BCUT2D eigenvalue weighted by atomic mass is 10.0. The Labute approximate surface area is 127 Å². The van der Waals surface area contributed by atoms with Gasteiger partial charge in [0.15, 0.2) is 0 Å². The highest BCUT2D eigenvalue weighted by Crippen LogP contribution is 2.19. The average Bonchev–Trinajstić information content (AvgIpc) is 2.47. The molecule has 0 radical (unpaired) electrons. The van der Waals surface area contributed by atoms with Crippen LogP contribution in [0.3, 0.4) is 0 Å². The lowest BCUT2D eigenvalue weighted by Crippen LogP contribution is -2.48. The minimum Gasteiger partial charge on any atom is -0.369 e. The molecule has 118 valence electrons. The Morgan fingerprint density at radius 2 is 1.71 bits per heavy atom. The molecule has 5 nitrogen and oxygen atoms in total. The first-order chi connectivity index (χ1) is 9.90. The normalized spacial score (nSPS) is 18.7. The Morgan fingerprint density at radius 3 is 2.19 bits per heavy atom. The summed E-state index contributed by atoms with van der Waals surface area (Å²) in [5.41, 5.74) is 8.37. The van der Waals surface area contributed by atoms with E-state index in [-0.39, 0.29) is 6.04 Å². The molecule has 0 bridgehead atoms. The van der Waals surface area contributed by atoms with Gasteiger partial charge in [0.25, 0.3) is 0 Å². The number of sulfonamides is 1. The highest BCUT2D eigenvalue weighted by atomic mass is 32.2. The molecule has 0 spiro atoms. The smallest absolute Gasteiger partial charge is 0.211 e. The average molecular weight is 311 g/mol. The summed E-state index contributed by atoms with van der Waals surface area (Å²) in [4.78, 5) is 2.23. The molecule has 1 aromatic rings. The van der Waals surface area contributed by atoms with Crippen molar-refractivity contribution in [1.82, 2.24) is 4.31 Å². The highest BCUT2D eigenvalue weighted by molar-refractivity contribution is 7.88. The topological polar surface area (TPSA) is 66.6 Å². The largest absolute Gasteiger partial charge is 0.369 e. The maximum Gasteiger partial charge on any atom is 0.211 e. The number of nitrogens with two attached hydrogens (primary N) is 1. The van der Waals surface area contributed by atoms with E-state index in [1.807, 2.05) is 0 Å². The van der Waals surface area contributed by atoms with Gasteiger partial charge in [-0.2, -0.15) is 4.31 Å². The fourth-order valence-electron chi connectivity index (χ4n) is 2.57. The molecule has 1 atom stereocenters. The van der Waals surface area contributed by atoms with Gasteiger partial charge in [0.1, 0.15) is 0 Å². The van der Waals surface area contributed by atoms with Crippen LogP contribution in [0, 0.1) is 0 Å². The van der Waals surface area contributed by atoms with Gasteiger partial charge < -0.3 is 10.6 Å². The summed E-state index contributed by atoms with van der Waals surface area (Å²) in [7, 11) is -3.06. The predicted octanol–water partition coefficient (Wildman–Crippen LogP) is 1.05. The summed E-state index contributed by atoms with van der Waals surface area (Å²) in [5, 5.41) is 0. The number of anilines is 1. The second-order valence-corrected chi connectivity index (χ2v) is 7.67. The van der Waals surface area contributed by atoms with E-state index in [1.54, 1.807) is 0 Å². The zero-order valence-corrected chi connectivity index (χ0v) is 13.6. The van der Waals surface area contributed by atoms with Gasteiger partial charge in [-0.1, -0.05) is 19.1 Å². The molecule has 0 amide bonds. The van der Waals surface area contributed by atoms with Crippen LogP contribution in [-0.2, 0) is 16.4 Å². The SMILES string of the molecule is CCC(N)Cc1ccc(N2CCN(S(C)(=O)=O)CC2)cc1. The standard InChI is InChI=1S/C15H25N3O2S/c1-3-14(16)12-13-4-6-15(7-5-13)17-8-10-18(11-9-17)21(2,19)20/h4-7,14H,3,8-12,16H2,1-2H3. The third-order valence-electron chi connectivity index (χ3n) is 4.03. The lowest BCUT2D eigenvalue weighted by Gasteiger charge is -2.34. The number of rotatable bonds is 5. The summed E-state index contributed by atoms with van der Waals surface area (Å²) in [5.74, 6) is 0. The minimum absolute atomic E-state index is 0.217. The van der Waals surface area contributed by atoms with E-state index in [4.69, 9.17) is 5.73 Å². The van der Waals surface area contributed by atoms with Crippen LogP contribution in [0.15, 0.2) is 24.3 Å². The minimum atomic E-state index is -3.06. The maximum absolute atomic E-state index is 11.5. The van der Waals surface area contributed by atoms with Crippen molar-refractivity contribution in [2.45, 2.75) is 25.8 Å². The van der Waals surface area contributed by atoms with E-state index in [1.165, 1.54) is 16.1 Å². The molecule has 1 unspecified atom stereocenters. The van der Waals surface area contributed by atoms with Crippen LogP contribution >= 0.6 is 0 Å². The van der Waals surface area contributed by atoms with E-state index in [0.29, 0.717) is 13.1 Å². The Hall–Kier alpha value is -1.11. The Balaban J connectivity index is 1.95. The highest BCUT2D eigenvalue weighted by Gasteiger charge is 2.23. The summed E-state index contributed by atoms with van der Waals surface area (Å²) in [6.45, 7) is 4.69. The first-order valence-corrected chi connectivity index (χ1v) is 9.29. The van der Waals surface area contributed by atoms with Crippen molar-refractivity contribution in [1.29, 1.82) is 0 Å². The summed E-state index contributed by atoms with van der Waals surface area (Å²) >= 11 is 0. The van der Waals surface area contributed by atoms with E-state index in [0.717, 1.165) is 31.6 Å². The first kappa shape index (κ1) is 16.3. The van der Waals surface area contributed by atoms with Crippen molar-refractivity contribution in [2.24, 2.45) is 5.73 Å². The number of benzene rings is 1. The van der Waals surface area contributed by atoms with Crippen molar-refractivity contribution in [2.75, 3.05) is 37.3 Å². The summed E-state index contributed by atoms with van der Waals surface area (Å²) in [6, 6.07) is 8.66. The van der Waals surface area contributed by atoms with Crippen molar-refractivity contribution in [3.05, 3.63) is 29.8 Å². The maximum atomic E-state index is 11.5. The molecule has 1 aliphatic heterocycles. The van der Waals surface area contributed by atoms with Crippen LogP contribution in [0.2, 0.25) is 0 Å². The second-order valence-electron chi connectivity index (χ2n) is 5.69. The Bertz CT molecular complexity index is 549. The fourth-order valence-corrected chi connectivity index (χ4v) is 3.39. The summed E-state index contributed by atoms with van der Waals surface area (Å²) < 4.78 is 24.5. The molecule has 0 aliphatic carbocycles. The van der Waals surface area contributed by atoms with Crippen molar-refractivity contribution in [3.8, 4) is 0 Å². The van der Waals surface area contributed by atoms with Crippen molar-refractivity contribution in [3.63, 3.8) is 0 Å². The van der Waals surface area contributed by atoms with E-state index >= 15 is 0 Å². The zero-order valence-electron chi connectivity index (χ0n) is 12.8. The first-order valence-electron chi connectivity index (χ1n) is 7.44. The van der Waals surface area contributed by atoms with Gasteiger partial charge in [-0.25, -0.2) is 8.42 Å². The number of piperazine rings is 1. The molecule has 1 saturated heterocycles. The van der Waals surface area contributed by atoms with E-state index in [2.05, 4.69) is 36.1 Å². The molecule has 1 aromatic carbocycles. The Morgan fingerprint density at radius 1 is 1.14 bits per heavy atom. The van der Waals surface area contributed by atoms with Gasteiger partial charge in [-0.3, -0.25) is 0 Å². The van der Waals surface area contributed by atoms with Crippen molar-refractivity contribution < 1.29 is 8.42 Å². The van der Waals surface area contributed by atoms with E-state index in [9.17, 15) is 8.42 Å². The van der Waals surface area contributed by atoms with Crippen LogP contribution < -0.4 is 10.6 Å². The Kier molecular flexibility index (Phi) is 5.24. The number of nitrogens with zero attached hydrogens (tertiary/aromatic N) is 2. The monoisotopic (exact) mass is 311 g/mol. The predicted molar refractivity (Wildman–Crippen MR) is 87.0 cm³/mol. The summed E-state index contributed by atoms with van der Waals surface area (Å²) in [6.07, 6.45) is 3.16. The van der Waals surface area contributed by atoms with Crippen LogP contribution in [0.4, 0.5) is 5.69 Å². The third kappa shape index (κ3) is 4.43.